The summed E-state index contributed by atoms with van der Waals surface area (Å²) in [4.78, 5) is 0.315. The minimum absolute atomic E-state index is 0.274. The molecule has 2 aromatic rings. The summed E-state index contributed by atoms with van der Waals surface area (Å²) in [5.74, 6) is 0.498. The molecule has 0 saturated carbocycles. The highest BCUT2D eigenvalue weighted by Crippen LogP contribution is 2.30. The van der Waals surface area contributed by atoms with E-state index in [2.05, 4.69) is 5.16 Å². The van der Waals surface area contributed by atoms with Gasteiger partial charge in [-0.2, -0.15) is 4.47 Å². The van der Waals surface area contributed by atoms with E-state index in [-0.39, 0.29) is 5.82 Å². The van der Waals surface area contributed by atoms with Crippen LogP contribution < -0.4 is 4.47 Å². The lowest BCUT2D eigenvalue weighted by atomic mass is 10.3. The van der Waals surface area contributed by atoms with Crippen LogP contribution in [0, 0.1) is 19.7 Å². The fraction of sp³-hybridized carbons (Fsp3) is 0.182. The lowest BCUT2D eigenvalue weighted by Gasteiger charge is -2.12. The van der Waals surface area contributed by atoms with Crippen molar-refractivity contribution in [3.63, 3.8) is 0 Å². The number of rotatable bonds is 3. The molecule has 0 amide bonds. The van der Waals surface area contributed by atoms with Crippen LogP contribution >= 0.6 is 11.9 Å². The summed E-state index contributed by atoms with van der Waals surface area (Å²) >= 11 is 0.842. The van der Waals surface area contributed by atoms with Gasteiger partial charge in [-0.05, 0) is 26.0 Å². The normalized spacial score (nSPS) is 10.6. The molecule has 1 aromatic carbocycles. The van der Waals surface area contributed by atoms with Gasteiger partial charge >= 0.3 is 0 Å². The quantitative estimate of drug-likeness (QED) is 0.672. The van der Waals surface area contributed by atoms with E-state index >= 15 is 0 Å². The van der Waals surface area contributed by atoms with E-state index in [0.29, 0.717) is 10.7 Å². The Morgan fingerprint density at radius 3 is 2.65 bits per heavy atom. The Labute approximate surface area is 102 Å². The maximum absolute atomic E-state index is 13.4. The molecule has 0 aliphatic carbocycles. The van der Waals surface area contributed by atoms with Crippen molar-refractivity contribution in [2.75, 3.05) is 4.47 Å². The lowest BCUT2D eigenvalue weighted by molar-refractivity contribution is 0.316. The highest BCUT2D eigenvalue weighted by Gasteiger charge is 2.16. The van der Waals surface area contributed by atoms with E-state index in [1.54, 1.807) is 32.0 Å². The van der Waals surface area contributed by atoms with E-state index in [1.165, 1.54) is 6.07 Å². The molecule has 0 saturated heterocycles. The first-order valence-electron chi connectivity index (χ1n) is 4.94. The molecule has 1 aromatic heterocycles. The monoisotopic (exact) mass is 254 g/mol. The average Bonchev–Trinajstić information content (AvgIpc) is 2.63. The van der Waals surface area contributed by atoms with E-state index < -0.39 is 5.82 Å². The number of aryl methyl sites for hydroxylation is 1. The van der Waals surface area contributed by atoms with Crippen LogP contribution in [0.25, 0.3) is 0 Å². The number of benzene rings is 1. The Kier molecular flexibility index (Phi) is 3.35. The molecule has 0 bridgehead atoms. The molecule has 0 fully saturated rings. The zero-order chi connectivity index (χ0) is 12.4. The zero-order valence-corrected chi connectivity index (χ0v) is 10.2. The molecule has 0 spiro atoms. The second-order valence-electron chi connectivity index (χ2n) is 3.48. The predicted molar refractivity (Wildman–Crippen MR) is 62.5 cm³/mol. The first-order chi connectivity index (χ1) is 8.09. The van der Waals surface area contributed by atoms with Gasteiger partial charge < -0.3 is 4.52 Å². The number of anilines is 1. The molecule has 1 N–H and O–H groups in total. The van der Waals surface area contributed by atoms with Gasteiger partial charge in [-0.15, -0.1) is 0 Å². The SMILES string of the molecule is Cc1onc(N(O)Sc2ccccc2F)c1C. The molecule has 17 heavy (non-hydrogen) atoms. The summed E-state index contributed by atoms with van der Waals surface area (Å²) in [6.45, 7) is 3.51. The Bertz CT molecular complexity index is 530. The third-order valence-electron chi connectivity index (χ3n) is 2.34. The van der Waals surface area contributed by atoms with Crippen LogP contribution in [-0.4, -0.2) is 10.4 Å². The minimum atomic E-state index is -0.394. The highest BCUT2D eigenvalue weighted by molar-refractivity contribution is 8.00. The molecular formula is C11H11FN2O2S. The molecule has 0 radical (unpaired) electrons. The first kappa shape index (κ1) is 11.9. The van der Waals surface area contributed by atoms with Gasteiger partial charge in [-0.3, -0.25) is 5.21 Å². The second-order valence-corrected chi connectivity index (χ2v) is 4.45. The van der Waals surface area contributed by atoms with Crippen molar-refractivity contribution in [3.05, 3.63) is 41.4 Å². The van der Waals surface area contributed by atoms with E-state index in [9.17, 15) is 9.60 Å². The molecule has 0 aliphatic heterocycles. The number of hydrogen-bond acceptors (Lipinski definition) is 5. The summed E-state index contributed by atoms with van der Waals surface area (Å²) < 4.78 is 19.1. The molecule has 0 atom stereocenters. The van der Waals surface area contributed by atoms with Gasteiger partial charge in [0.25, 0.3) is 0 Å². The maximum Gasteiger partial charge on any atom is 0.210 e. The molecule has 90 valence electrons. The van der Waals surface area contributed by atoms with Crippen molar-refractivity contribution in [2.24, 2.45) is 0 Å². The fourth-order valence-electron chi connectivity index (χ4n) is 1.24. The van der Waals surface area contributed by atoms with Crippen LogP contribution in [0.4, 0.5) is 10.2 Å². The van der Waals surface area contributed by atoms with Crippen LogP contribution in [0.15, 0.2) is 33.7 Å². The molecule has 6 heteroatoms. The van der Waals surface area contributed by atoms with Gasteiger partial charge in [0.1, 0.15) is 11.6 Å². The smallest absolute Gasteiger partial charge is 0.210 e. The first-order valence-corrected chi connectivity index (χ1v) is 5.71. The molecule has 0 aliphatic rings. The van der Waals surface area contributed by atoms with Gasteiger partial charge in [-0.25, -0.2) is 4.39 Å². The van der Waals surface area contributed by atoms with Gasteiger partial charge in [-0.1, -0.05) is 17.3 Å². The van der Waals surface area contributed by atoms with Crippen molar-refractivity contribution in [2.45, 2.75) is 18.7 Å². The van der Waals surface area contributed by atoms with Crippen molar-refractivity contribution < 1.29 is 14.1 Å². The number of hydrogen-bond donors (Lipinski definition) is 1. The number of nitrogens with zero attached hydrogens (tertiary/aromatic N) is 2. The number of aromatic nitrogens is 1. The molecule has 2 rings (SSSR count). The summed E-state index contributed by atoms with van der Waals surface area (Å²) in [7, 11) is 0. The van der Waals surface area contributed by atoms with Gasteiger partial charge in [0.2, 0.25) is 5.82 Å². The largest absolute Gasteiger partial charge is 0.359 e. The highest BCUT2D eigenvalue weighted by atomic mass is 32.2. The third kappa shape index (κ3) is 2.42. The molecule has 0 unspecified atom stereocenters. The van der Waals surface area contributed by atoms with Crippen LogP contribution in [-0.2, 0) is 0 Å². The van der Waals surface area contributed by atoms with E-state index in [0.717, 1.165) is 22.0 Å². The van der Waals surface area contributed by atoms with Crippen molar-refractivity contribution in [1.29, 1.82) is 0 Å². The second kappa shape index (κ2) is 4.77. The van der Waals surface area contributed by atoms with Crippen LogP contribution in [0.1, 0.15) is 11.3 Å². The topological polar surface area (TPSA) is 49.5 Å². The average molecular weight is 254 g/mol. The predicted octanol–water partition coefficient (Wildman–Crippen LogP) is 3.33. The molecular weight excluding hydrogens is 243 g/mol. The maximum atomic E-state index is 13.4. The zero-order valence-electron chi connectivity index (χ0n) is 9.35. The molecule has 1 heterocycles. The Balaban J connectivity index is 2.20. The molecule has 4 nitrogen and oxygen atoms in total. The van der Waals surface area contributed by atoms with Crippen molar-refractivity contribution in [3.8, 4) is 0 Å². The summed E-state index contributed by atoms with van der Waals surface area (Å²) in [6, 6.07) is 6.19. The minimum Gasteiger partial charge on any atom is -0.359 e. The van der Waals surface area contributed by atoms with Crippen molar-refractivity contribution >= 4 is 17.8 Å². The van der Waals surface area contributed by atoms with Crippen LogP contribution in [0.3, 0.4) is 0 Å². The Morgan fingerprint density at radius 2 is 2.06 bits per heavy atom. The van der Waals surface area contributed by atoms with E-state index in [1.807, 2.05) is 0 Å². The summed E-state index contributed by atoms with van der Waals surface area (Å²) in [6.07, 6.45) is 0. The Morgan fingerprint density at radius 1 is 1.35 bits per heavy atom. The standard InChI is InChI=1S/C11H11FN2O2S/c1-7-8(2)16-13-11(7)14(15)17-10-6-4-3-5-9(10)12/h3-6,15H,1-2H3. The lowest BCUT2D eigenvalue weighted by Crippen LogP contribution is -2.09. The van der Waals surface area contributed by atoms with Gasteiger partial charge in [0, 0.05) is 17.5 Å². The summed E-state index contributed by atoms with van der Waals surface area (Å²) in [5, 5.41) is 13.5. The third-order valence-corrected chi connectivity index (χ3v) is 3.21. The van der Waals surface area contributed by atoms with Gasteiger partial charge in [0.05, 0.1) is 4.90 Å². The van der Waals surface area contributed by atoms with Crippen LogP contribution in [0.5, 0.6) is 0 Å². The fourth-order valence-corrected chi connectivity index (χ4v) is 1.98. The Hall–Kier alpha value is -1.53. The summed E-state index contributed by atoms with van der Waals surface area (Å²) in [5.41, 5.74) is 0.719. The van der Waals surface area contributed by atoms with Crippen LogP contribution in [0.2, 0.25) is 0 Å². The van der Waals surface area contributed by atoms with Gasteiger partial charge in [0.15, 0.2) is 0 Å². The number of halogens is 1. The van der Waals surface area contributed by atoms with Crippen molar-refractivity contribution in [1.82, 2.24) is 5.16 Å². The van der Waals surface area contributed by atoms with E-state index in [4.69, 9.17) is 4.52 Å².